The summed E-state index contributed by atoms with van der Waals surface area (Å²) in [6, 6.07) is 17.4. The summed E-state index contributed by atoms with van der Waals surface area (Å²) in [5.74, 6) is 0.558. The molecule has 0 spiro atoms. The number of hydrogen-bond donors (Lipinski definition) is 0. The fraction of sp³-hybridized carbons (Fsp3) is 0.368. The first-order valence-electron chi connectivity index (χ1n) is 7.06. The van der Waals surface area contributed by atoms with Crippen LogP contribution in [0.4, 0.5) is 0 Å². The largest absolute Gasteiger partial charge is 0.0776 e. The lowest BCUT2D eigenvalue weighted by atomic mass is 10.00. The van der Waals surface area contributed by atoms with E-state index in [9.17, 15) is 0 Å². The molecule has 0 saturated heterocycles. The fourth-order valence-corrected chi connectivity index (χ4v) is 2.41. The summed E-state index contributed by atoms with van der Waals surface area (Å²) < 4.78 is 0. The van der Waals surface area contributed by atoms with Crippen molar-refractivity contribution < 1.29 is 0 Å². The van der Waals surface area contributed by atoms with Crippen molar-refractivity contribution >= 4 is 0 Å². The third-order valence-corrected chi connectivity index (χ3v) is 3.14. The third-order valence-electron chi connectivity index (χ3n) is 3.14. The van der Waals surface area contributed by atoms with Crippen LogP contribution >= 0.6 is 0 Å². The lowest BCUT2D eigenvalue weighted by molar-refractivity contribution is 0.957. The van der Waals surface area contributed by atoms with Gasteiger partial charge in [-0.3, -0.25) is 0 Å². The van der Waals surface area contributed by atoms with E-state index in [0.29, 0.717) is 5.92 Å². The van der Waals surface area contributed by atoms with E-state index in [2.05, 4.69) is 55.5 Å². The van der Waals surface area contributed by atoms with E-state index in [1.807, 2.05) is 27.7 Å². The lowest BCUT2D eigenvalue weighted by Crippen LogP contribution is -1.87. The van der Waals surface area contributed by atoms with Gasteiger partial charge in [0.2, 0.25) is 0 Å². The van der Waals surface area contributed by atoms with Gasteiger partial charge in [0.15, 0.2) is 0 Å². The molecule has 0 nitrogen and oxygen atoms in total. The Morgan fingerprint density at radius 3 is 1.32 bits per heavy atom. The molecule has 0 N–H and O–H groups in total. The minimum atomic E-state index is 0. The Balaban J connectivity index is 0.000000597. The quantitative estimate of drug-likeness (QED) is 0.504. The van der Waals surface area contributed by atoms with Crippen LogP contribution in [0.5, 0.6) is 0 Å². The molecule has 0 aromatic heterocycles. The lowest BCUT2D eigenvalue weighted by Gasteiger charge is -2.04. The van der Waals surface area contributed by atoms with E-state index in [1.165, 1.54) is 22.3 Å². The first-order valence-corrected chi connectivity index (χ1v) is 7.06. The van der Waals surface area contributed by atoms with Crippen molar-refractivity contribution in [3.63, 3.8) is 0 Å². The van der Waals surface area contributed by atoms with Crippen molar-refractivity contribution in [3.05, 3.63) is 59.7 Å². The van der Waals surface area contributed by atoms with Crippen LogP contribution in [0.3, 0.4) is 0 Å². The molecule has 0 heteroatoms. The normalized spacial score (nSPS) is 10.8. The summed E-state index contributed by atoms with van der Waals surface area (Å²) in [5, 5.41) is 0. The molecular formula is C19H28. The molecule has 0 atom stereocenters. The van der Waals surface area contributed by atoms with E-state index in [1.54, 1.807) is 0 Å². The van der Waals surface area contributed by atoms with Crippen LogP contribution in [0.25, 0.3) is 11.1 Å². The van der Waals surface area contributed by atoms with E-state index in [0.717, 1.165) is 0 Å². The maximum absolute atomic E-state index is 2.28. The van der Waals surface area contributed by atoms with Crippen molar-refractivity contribution in [2.24, 2.45) is 0 Å². The summed E-state index contributed by atoms with van der Waals surface area (Å²) in [6.45, 7) is 10.3. The second-order valence-corrected chi connectivity index (χ2v) is 3.90. The highest BCUT2D eigenvalue weighted by Gasteiger charge is 2.23. The molecule has 0 unspecified atom stereocenters. The molecule has 19 heavy (non-hydrogen) atoms. The minimum absolute atomic E-state index is 0. The maximum atomic E-state index is 2.28. The zero-order chi connectivity index (χ0) is 13.5. The highest BCUT2D eigenvalue weighted by Crippen LogP contribution is 2.43. The van der Waals surface area contributed by atoms with Crippen LogP contribution in [0, 0.1) is 0 Å². The van der Waals surface area contributed by atoms with Gasteiger partial charge in [-0.1, -0.05) is 90.6 Å². The van der Waals surface area contributed by atoms with Crippen LogP contribution in [0.15, 0.2) is 48.5 Å². The van der Waals surface area contributed by atoms with Gasteiger partial charge in [-0.25, -0.2) is 0 Å². The smallest absolute Gasteiger partial charge is 0.00733 e. The Morgan fingerprint density at radius 1 is 0.632 bits per heavy atom. The Morgan fingerprint density at radius 2 is 0.947 bits per heavy atom. The molecule has 2 aromatic carbocycles. The van der Waals surface area contributed by atoms with Crippen LogP contribution in [0.2, 0.25) is 0 Å². The van der Waals surface area contributed by atoms with Gasteiger partial charge in [0.1, 0.15) is 0 Å². The van der Waals surface area contributed by atoms with E-state index in [4.69, 9.17) is 0 Å². The van der Waals surface area contributed by atoms with Crippen LogP contribution in [-0.4, -0.2) is 0 Å². The Labute approximate surface area is 119 Å². The van der Waals surface area contributed by atoms with Crippen molar-refractivity contribution in [1.82, 2.24) is 0 Å². The molecule has 2 aromatic rings. The van der Waals surface area contributed by atoms with Crippen LogP contribution in [-0.2, 0) is 0 Å². The average Bonchev–Trinajstić information content (AvgIpc) is 2.78. The monoisotopic (exact) mass is 256 g/mol. The summed E-state index contributed by atoms with van der Waals surface area (Å²) in [6.07, 6.45) is 0. The molecule has 0 amide bonds. The van der Waals surface area contributed by atoms with Gasteiger partial charge < -0.3 is 0 Å². The molecule has 0 aliphatic heterocycles. The molecule has 1 aliphatic carbocycles. The van der Waals surface area contributed by atoms with E-state index < -0.39 is 0 Å². The predicted octanol–water partition coefficient (Wildman–Crippen LogP) is 6.51. The first-order chi connectivity index (χ1) is 8.88. The van der Waals surface area contributed by atoms with Gasteiger partial charge in [-0.2, -0.15) is 0 Å². The molecule has 0 bridgehead atoms. The molecule has 0 fully saturated rings. The maximum Gasteiger partial charge on any atom is 0.00733 e. The highest BCUT2D eigenvalue weighted by atomic mass is 14.3. The summed E-state index contributed by atoms with van der Waals surface area (Å²) in [5.41, 5.74) is 5.76. The van der Waals surface area contributed by atoms with Crippen molar-refractivity contribution in [3.8, 4) is 11.1 Å². The number of benzene rings is 2. The van der Waals surface area contributed by atoms with Crippen molar-refractivity contribution in [2.45, 2.75) is 48.0 Å². The Hall–Kier alpha value is -1.56. The van der Waals surface area contributed by atoms with Crippen LogP contribution < -0.4 is 0 Å². The molecule has 104 valence electrons. The van der Waals surface area contributed by atoms with Gasteiger partial charge in [0.25, 0.3) is 0 Å². The zero-order valence-corrected chi connectivity index (χ0v) is 12.2. The number of rotatable bonds is 0. The van der Waals surface area contributed by atoms with Crippen LogP contribution in [0.1, 0.15) is 59.1 Å². The van der Waals surface area contributed by atoms with Gasteiger partial charge in [0.05, 0.1) is 0 Å². The van der Waals surface area contributed by atoms with E-state index in [-0.39, 0.29) is 7.43 Å². The second-order valence-electron chi connectivity index (χ2n) is 3.90. The molecule has 3 rings (SSSR count). The molecule has 1 aliphatic rings. The fourth-order valence-electron chi connectivity index (χ4n) is 2.41. The standard InChI is InChI=1S/C14H12.2C2H6.CH4/c1-10-11-6-2-4-8-13(11)14-9-5-3-7-12(10)14;2*1-2;/h2-10H,1H3;2*1-2H3;1H4. The topological polar surface area (TPSA) is 0 Å². The zero-order valence-electron chi connectivity index (χ0n) is 12.2. The third kappa shape index (κ3) is 3.26. The summed E-state index contributed by atoms with van der Waals surface area (Å²) >= 11 is 0. The minimum Gasteiger partial charge on any atom is -0.0776 e. The Kier molecular flexibility index (Phi) is 7.83. The number of fused-ring (bicyclic) bond motifs is 3. The average molecular weight is 256 g/mol. The van der Waals surface area contributed by atoms with Crippen molar-refractivity contribution in [2.75, 3.05) is 0 Å². The number of hydrogen-bond acceptors (Lipinski definition) is 0. The summed E-state index contributed by atoms with van der Waals surface area (Å²) in [4.78, 5) is 0. The second kappa shape index (κ2) is 8.53. The van der Waals surface area contributed by atoms with Gasteiger partial charge in [0, 0.05) is 5.92 Å². The van der Waals surface area contributed by atoms with E-state index >= 15 is 0 Å². The van der Waals surface area contributed by atoms with Gasteiger partial charge in [-0.05, 0) is 22.3 Å². The molecular weight excluding hydrogens is 228 g/mol. The summed E-state index contributed by atoms with van der Waals surface area (Å²) in [7, 11) is 0. The molecule has 0 saturated carbocycles. The van der Waals surface area contributed by atoms with Gasteiger partial charge in [-0.15, -0.1) is 0 Å². The predicted molar refractivity (Wildman–Crippen MR) is 88.8 cm³/mol. The Bertz CT molecular complexity index is 437. The highest BCUT2D eigenvalue weighted by molar-refractivity contribution is 5.78. The SMILES string of the molecule is C.CC.CC.CC1c2ccccc2-c2ccccc21. The van der Waals surface area contributed by atoms with Crippen molar-refractivity contribution in [1.29, 1.82) is 0 Å². The first kappa shape index (κ1) is 17.4. The molecule has 0 heterocycles. The molecule has 0 radical (unpaired) electrons. The van der Waals surface area contributed by atoms with Gasteiger partial charge >= 0.3 is 0 Å².